The molecular formula is C15H20N2O2. The highest BCUT2D eigenvalue weighted by Crippen LogP contribution is 2.20. The Morgan fingerprint density at radius 1 is 1.47 bits per heavy atom. The molecule has 0 saturated heterocycles. The van der Waals surface area contributed by atoms with Crippen molar-refractivity contribution in [1.82, 2.24) is 9.55 Å². The fourth-order valence-corrected chi connectivity index (χ4v) is 2.48. The second-order valence-corrected chi connectivity index (χ2v) is 5.17. The number of aryl methyl sites for hydroxylation is 2. The van der Waals surface area contributed by atoms with Crippen LogP contribution in [0, 0.1) is 12.8 Å². The highest BCUT2D eigenvalue weighted by atomic mass is 16.4. The molecule has 1 atom stereocenters. The van der Waals surface area contributed by atoms with Crippen molar-refractivity contribution < 1.29 is 9.90 Å². The summed E-state index contributed by atoms with van der Waals surface area (Å²) in [5.41, 5.74) is 3.32. The van der Waals surface area contributed by atoms with E-state index in [-0.39, 0.29) is 12.3 Å². The summed E-state index contributed by atoms with van der Waals surface area (Å²) in [6.45, 7) is 6.96. The number of benzene rings is 1. The molecule has 0 bridgehead atoms. The van der Waals surface area contributed by atoms with E-state index in [1.807, 2.05) is 6.92 Å². The first-order chi connectivity index (χ1) is 9.01. The van der Waals surface area contributed by atoms with Gasteiger partial charge in [0.1, 0.15) is 5.82 Å². The lowest BCUT2D eigenvalue weighted by molar-refractivity contribution is -0.137. The molecule has 1 aromatic heterocycles. The predicted molar refractivity (Wildman–Crippen MR) is 75.3 cm³/mol. The molecule has 0 spiro atoms. The highest BCUT2D eigenvalue weighted by molar-refractivity contribution is 5.77. The van der Waals surface area contributed by atoms with Gasteiger partial charge in [-0.2, -0.15) is 0 Å². The number of hydrogen-bond acceptors (Lipinski definition) is 2. The Balaban J connectivity index is 2.34. The number of carboxylic acid groups (broad SMARTS) is 1. The first-order valence-corrected chi connectivity index (χ1v) is 6.68. The number of fused-ring (bicyclic) bond motifs is 1. The van der Waals surface area contributed by atoms with Crippen molar-refractivity contribution in [3.63, 3.8) is 0 Å². The lowest BCUT2D eigenvalue weighted by Crippen LogP contribution is -2.11. The monoisotopic (exact) mass is 260 g/mol. The van der Waals surface area contributed by atoms with Crippen LogP contribution in [0.2, 0.25) is 0 Å². The summed E-state index contributed by atoms with van der Waals surface area (Å²) in [4.78, 5) is 15.4. The van der Waals surface area contributed by atoms with Crippen LogP contribution in [-0.2, 0) is 17.8 Å². The van der Waals surface area contributed by atoms with Crippen LogP contribution in [0.4, 0.5) is 0 Å². The average Bonchev–Trinajstić information content (AvgIpc) is 2.63. The predicted octanol–water partition coefficient (Wildman–Crippen LogP) is 3.02. The fraction of sp³-hybridized carbons (Fsp3) is 0.467. The standard InChI is InChI=1S/C15H20N2O2/c1-4-17-13-6-5-10(2)7-12(13)16-14(17)8-11(3)9-15(18)19/h5-7,11H,4,8-9H2,1-3H3,(H,18,19). The second kappa shape index (κ2) is 5.43. The smallest absolute Gasteiger partial charge is 0.303 e. The molecule has 1 unspecified atom stereocenters. The molecule has 0 radical (unpaired) electrons. The topological polar surface area (TPSA) is 55.1 Å². The van der Waals surface area contributed by atoms with Gasteiger partial charge in [-0.25, -0.2) is 4.98 Å². The van der Waals surface area contributed by atoms with Gasteiger partial charge in [0.2, 0.25) is 0 Å². The molecule has 2 rings (SSSR count). The van der Waals surface area contributed by atoms with Gasteiger partial charge in [0, 0.05) is 19.4 Å². The Bertz CT molecular complexity index is 601. The number of aromatic nitrogens is 2. The molecule has 0 aliphatic heterocycles. The minimum atomic E-state index is -0.748. The summed E-state index contributed by atoms with van der Waals surface area (Å²) in [7, 11) is 0. The molecule has 0 saturated carbocycles. The van der Waals surface area contributed by atoms with Crippen molar-refractivity contribution in [2.45, 2.75) is 40.2 Å². The molecule has 0 aliphatic rings. The van der Waals surface area contributed by atoms with Gasteiger partial charge in [-0.3, -0.25) is 4.79 Å². The number of hydrogen-bond donors (Lipinski definition) is 1. The zero-order valence-electron chi connectivity index (χ0n) is 11.7. The maximum Gasteiger partial charge on any atom is 0.303 e. The van der Waals surface area contributed by atoms with E-state index in [9.17, 15) is 4.79 Å². The van der Waals surface area contributed by atoms with E-state index in [2.05, 4.69) is 41.6 Å². The number of carbonyl (C=O) groups is 1. The van der Waals surface area contributed by atoms with E-state index < -0.39 is 5.97 Å². The summed E-state index contributed by atoms with van der Waals surface area (Å²) in [6.07, 6.45) is 0.889. The Kier molecular flexibility index (Phi) is 3.88. The van der Waals surface area contributed by atoms with E-state index in [0.29, 0.717) is 6.42 Å². The molecule has 2 aromatic rings. The van der Waals surface area contributed by atoms with E-state index in [1.54, 1.807) is 0 Å². The number of aliphatic carboxylic acids is 1. The number of nitrogens with zero attached hydrogens (tertiary/aromatic N) is 2. The normalized spacial score (nSPS) is 12.8. The van der Waals surface area contributed by atoms with Gasteiger partial charge in [-0.1, -0.05) is 13.0 Å². The molecule has 19 heavy (non-hydrogen) atoms. The van der Waals surface area contributed by atoms with Gasteiger partial charge in [0.15, 0.2) is 0 Å². The maximum atomic E-state index is 10.7. The zero-order chi connectivity index (χ0) is 14.0. The summed E-state index contributed by atoms with van der Waals surface area (Å²) in [6, 6.07) is 6.25. The van der Waals surface area contributed by atoms with Gasteiger partial charge in [-0.15, -0.1) is 0 Å². The summed E-state index contributed by atoms with van der Waals surface area (Å²) >= 11 is 0. The molecule has 0 fully saturated rings. The van der Waals surface area contributed by atoms with Crippen LogP contribution in [0.3, 0.4) is 0 Å². The average molecular weight is 260 g/mol. The number of rotatable bonds is 5. The lowest BCUT2D eigenvalue weighted by atomic mass is 10.0. The summed E-state index contributed by atoms with van der Waals surface area (Å²) in [5.74, 6) is 0.333. The third-order valence-corrected chi connectivity index (χ3v) is 3.35. The number of imidazole rings is 1. The van der Waals surface area contributed by atoms with Crippen molar-refractivity contribution in [1.29, 1.82) is 0 Å². The molecule has 4 heteroatoms. The van der Waals surface area contributed by atoms with Gasteiger partial charge in [-0.05, 0) is 37.5 Å². The van der Waals surface area contributed by atoms with Crippen molar-refractivity contribution in [2.75, 3.05) is 0 Å². The number of carboxylic acids is 1. The van der Waals surface area contributed by atoms with Crippen LogP contribution in [0.5, 0.6) is 0 Å². The lowest BCUT2D eigenvalue weighted by Gasteiger charge is -2.10. The van der Waals surface area contributed by atoms with Crippen LogP contribution < -0.4 is 0 Å². The molecule has 0 aliphatic carbocycles. The quantitative estimate of drug-likeness (QED) is 0.899. The third-order valence-electron chi connectivity index (χ3n) is 3.35. The van der Waals surface area contributed by atoms with Gasteiger partial charge >= 0.3 is 5.97 Å². The van der Waals surface area contributed by atoms with Crippen LogP contribution >= 0.6 is 0 Å². The SMILES string of the molecule is CCn1c(CC(C)CC(=O)O)nc2cc(C)ccc21. The molecule has 102 valence electrons. The van der Waals surface area contributed by atoms with E-state index >= 15 is 0 Å². The molecule has 1 heterocycles. The van der Waals surface area contributed by atoms with Crippen LogP contribution in [0.25, 0.3) is 11.0 Å². The fourth-order valence-electron chi connectivity index (χ4n) is 2.48. The minimum absolute atomic E-state index is 0.0979. The van der Waals surface area contributed by atoms with Gasteiger partial charge < -0.3 is 9.67 Å². The maximum absolute atomic E-state index is 10.7. The summed E-state index contributed by atoms with van der Waals surface area (Å²) in [5, 5.41) is 8.84. The molecule has 0 amide bonds. The van der Waals surface area contributed by atoms with E-state index in [0.717, 1.165) is 23.4 Å². The highest BCUT2D eigenvalue weighted by Gasteiger charge is 2.14. The van der Waals surface area contributed by atoms with E-state index in [1.165, 1.54) is 5.56 Å². The van der Waals surface area contributed by atoms with Crippen molar-refractivity contribution in [3.8, 4) is 0 Å². The van der Waals surface area contributed by atoms with E-state index in [4.69, 9.17) is 5.11 Å². The first kappa shape index (κ1) is 13.6. The van der Waals surface area contributed by atoms with Gasteiger partial charge in [0.25, 0.3) is 0 Å². The Morgan fingerprint density at radius 2 is 2.21 bits per heavy atom. The Labute approximate surface area is 113 Å². The van der Waals surface area contributed by atoms with Crippen molar-refractivity contribution in [2.24, 2.45) is 5.92 Å². The van der Waals surface area contributed by atoms with Crippen molar-refractivity contribution >= 4 is 17.0 Å². The van der Waals surface area contributed by atoms with Crippen molar-refractivity contribution in [3.05, 3.63) is 29.6 Å². The third kappa shape index (κ3) is 2.95. The Hall–Kier alpha value is -1.84. The first-order valence-electron chi connectivity index (χ1n) is 6.68. The largest absolute Gasteiger partial charge is 0.481 e. The molecular weight excluding hydrogens is 240 g/mol. The minimum Gasteiger partial charge on any atom is -0.481 e. The van der Waals surface area contributed by atoms with Crippen LogP contribution in [-0.4, -0.2) is 20.6 Å². The van der Waals surface area contributed by atoms with Crippen LogP contribution in [0.1, 0.15) is 31.7 Å². The summed E-state index contributed by atoms with van der Waals surface area (Å²) < 4.78 is 2.17. The molecule has 1 aromatic carbocycles. The zero-order valence-corrected chi connectivity index (χ0v) is 11.7. The second-order valence-electron chi connectivity index (χ2n) is 5.17. The Morgan fingerprint density at radius 3 is 2.84 bits per heavy atom. The molecule has 1 N–H and O–H groups in total. The molecule has 4 nitrogen and oxygen atoms in total. The van der Waals surface area contributed by atoms with Crippen LogP contribution in [0.15, 0.2) is 18.2 Å². The van der Waals surface area contributed by atoms with Gasteiger partial charge in [0.05, 0.1) is 11.0 Å².